The van der Waals surface area contributed by atoms with Gasteiger partial charge < -0.3 is 4.74 Å². The second-order valence-corrected chi connectivity index (χ2v) is 6.03. The second-order valence-electron chi connectivity index (χ2n) is 5.00. The number of thiazole rings is 1. The molecule has 0 spiro atoms. The molecule has 1 heterocycles. The first-order valence-electron chi connectivity index (χ1n) is 7.32. The Bertz CT molecular complexity index is 972. The Labute approximate surface area is 145 Å². The highest BCUT2D eigenvalue weighted by Crippen LogP contribution is 2.27. The number of hydrogen-bond donors (Lipinski definition) is 1. The van der Waals surface area contributed by atoms with E-state index >= 15 is 0 Å². The van der Waals surface area contributed by atoms with Crippen LogP contribution in [0.25, 0.3) is 10.2 Å². The molecule has 8 heteroatoms. The highest BCUT2D eigenvalue weighted by molar-refractivity contribution is 7.22. The van der Waals surface area contributed by atoms with Crippen LogP contribution in [0.5, 0.6) is 0 Å². The first-order valence-corrected chi connectivity index (χ1v) is 8.13. The fourth-order valence-electron chi connectivity index (χ4n) is 2.16. The molecule has 0 radical (unpaired) electrons. The van der Waals surface area contributed by atoms with Gasteiger partial charge in [0.15, 0.2) is 5.13 Å². The van der Waals surface area contributed by atoms with Crippen molar-refractivity contribution in [1.29, 1.82) is 0 Å². The number of halogens is 2. The maximum absolute atomic E-state index is 13.6. The highest BCUT2D eigenvalue weighted by atomic mass is 32.1. The van der Waals surface area contributed by atoms with Crippen LogP contribution in [0.3, 0.4) is 0 Å². The van der Waals surface area contributed by atoms with Crippen LogP contribution in [0, 0.1) is 11.6 Å². The molecule has 0 saturated heterocycles. The van der Waals surface area contributed by atoms with E-state index in [0.717, 1.165) is 29.5 Å². The smallest absolute Gasteiger partial charge is 0.338 e. The Hall–Kier alpha value is -2.87. The molecular weight excluding hydrogens is 350 g/mol. The van der Waals surface area contributed by atoms with E-state index in [4.69, 9.17) is 4.74 Å². The van der Waals surface area contributed by atoms with E-state index in [2.05, 4.69) is 10.3 Å². The molecule has 3 rings (SSSR count). The largest absolute Gasteiger partial charge is 0.462 e. The van der Waals surface area contributed by atoms with Crippen molar-refractivity contribution in [2.45, 2.75) is 6.92 Å². The Kier molecular flexibility index (Phi) is 4.71. The lowest BCUT2D eigenvalue weighted by Gasteiger charge is -2.02. The highest BCUT2D eigenvalue weighted by Gasteiger charge is 2.16. The molecule has 2 aromatic carbocycles. The molecule has 5 nitrogen and oxygen atoms in total. The van der Waals surface area contributed by atoms with E-state index in [0.29, 0.717) is 15.8 Å². The predicted octanol–water partition coefficient (Wildman–Crippen LogP) is 4.00. The van der Waals surface area contributed by atoms with E-state index in [1.165, 1.54) is 0 Å². The third kappa shape index (κ3) is 3.63. The lowest BCUT2D eigenvalue weighted by atomic mass is 10.2. The molecule has 0 aliphatic rings. The summed E-state index contributed by atoms with van der Waals surface area (Å²) in [6.45, 7) is 1.97. The van der Waals surface area contributed by atoms with Crippen LogP contribution in [-0.2, 0) is 4.74 Å². The summed E-state index contributed by atoms with van der Waals surface area (Å²) < 4.78 is 32.4. The number of carbonyl (C=O) groups excluding carboxylic acids is 2. The number of fused-ring (bicyclic) bond motifs is 1. The third-order valence-electron chi connectivity index (χ3n) is 3.29. The molecule has 1 amide bonds. The van der Waals surface area contributed by atoms with Gasteiger partial charge in [-0.15, -0.1) is 0 Å². The zero-order valence-electron chi connectivity index (χ0n) is 13.0. The molecule has 0 bridgehead atoms. The summed E-state index contributed by atoms with van der Waals surface area (Å²) in [5, 5.41) is 2.65. The number of esters is 1. The first-order chi connectivity index (χ1) is 12.0. The number of carbonyl (C=O) groups is 2. The van der Waals surface area contributed by atoms with Gasteiger partial charge in [-0.25, -0.2) is 18.6 Å². The molecule has 25 heavy (non-hydrogen) atoms. The minimum absolute atomic E-state index is 0.213. The number of ether oxygens (including phenoxy) is 1. The zero-order valence-corrected chi connectivity index (χ0v) is 13.8. The first kappa shape index (κ1) is 17.0. The van der Waals surface area contributed by atoms with Crippen molar-refractivity contribution in [3.05, 3.63) is 59.2 Å². The summed E-state index contributed by atoms with van der Waals surface area (Å²) in [5.41, 5.74) is 0.520. The fourth-order valence-corrected chi connectivity index (χ4v) is 3.06. The fraction of sp³-hybridized carbons (Fsp3) is 0.118. The second kappa shape index (κ2) is 6.94. The molecule has 1 N–H and O–H groups in total. The number of nitrogens with one attached hydrogen (secondary N) is 1. The summed E-state index contributed by atoms with van der Waals surface area (Å²) >= 11 is 1.11. The number of aromatic nitrogens is 1. The standard InChI is InChI=1S/C17H12F2N2O3S/c1-2-24-16(23)9-3-6-13-14(7-9)25-17(20-13)21-15(22)11-8-10(18)4-5-12(11)19/h3-8H,2H2,1H3,(H,20,21,22). The van der Waals surface area contributed by atoms with Crippen LogP contribution in [0.1, 0.15) is 27.6 Å². The number of benzene rings is 2. The number of rotatable bonds is 4. The summed E-state index contributed by atoms with van der Waals surface area (Å²) in [6, 6.07) is 7.42. The van der Waals surface area contributed by atoms with Gasteiger partial charge in [0.25, 0.3) is 5.91 Å². The SMILES string of the molecule is CCOC(=O)c1ccc2nc(NC(=O)c3cc(F)ccc3F)sc2c1. The normalized spacial score (nSPS) is 10.7. The molecule has 0 unspecified atom stereocenters. The Morgan fingerprint density at radius 1 is 1.20 bits per heavy atom. The molecule has 128 valence electrons. The van der Waals surface area contributed by atoms with E-state index in [9.17, 15) is 18.4 Å². The average molecular weight is 362 g/mol. The van der Waals surface area contributed by atoms with Gasteiger partial charge in [-0.1, -0.05) is 11.3 Å². The van der Waals surface area contributed by atoms with Crippen molar-refractivity contribution in [2.75, 3.05) is 11.9 Å². The molecule has 3 aromatic rings. The Balaban J connectivity index is 1.85. The molecule has 0 saturated carbocycles. The molecular formula is C17H12F2N2O3S. The maximum atomic E-state index is 13.6. The minimum Gasteiger partial charge on any atom is -0.462 e. The average Bonchev–Trinajstić information content (AvgIpc) is 2.98. The molecule has 1 aromatic heterocycles. The van der Waals surface area contributed by atoms with Crippen LogP contribution in [0.2, 0.25) is 0 Å². The Morgan fingerprint density at radius 3 is 2.76 bits per heavy atom. The monoisotopic (exact) mass is 362 g/mol. The van der Waals surface area contributed by atoms with Gasteiger partial charge in [0.05, 0.1) is 28.0 Å². The maximum Gasteiger partial charge on any atom is 0.338 e. The van der Waals surface area contributed by atoms with E-state index in [-0.39, 0.29) is 11.7 Å². The third-order valence-corrected chi connectivity index (χ3v) is 4.23. The van der Waals surface area contributed by atoms with Crippen molar-refractivity contribution < 1.29 is 23.1 Å². The predicted molar refractivity (Wildman–Crippen MR) is 89.9 cm³/mol. The summed E-state index contributed by atoms with van der Waals surface area (Å²) in [4.78, 5) is 28.0. The molecule has 0 atom stereocenters. The van der Waals surface area contributed by atoms with Crippen molar-refractivity contribution >= 4 is 38.6 Å². The van der Waals surface area contributed by atoms with Crippen LogP contribution in [0.15, 0.2) is 36.4 Å². The van der Waals surface area contributed by atoms with E-state index in [1.807, 2.05) is 0 Å². The van der Waals surface area contributed by atoms with Gasteiger partial charge in [0, 0.05) is 0 Å². The summed E-state index contributed by atoms with van der Waals surface area (Å²) in [6.07, 6.45) is 0. The zero-order chi connectivity index (χ0) is 18.0. The topological polar surface area (TPSA) is 68.3 Å². The molecule has 0 fully saturated rings. The van der Waals surface area contributed by atoms with Crippen LogP contribution in [-0.4, -0.2) is 23.5 Å². The van der Waals surface area contributed by atoms with E-state index < -0.39 is 29.1 Å². The van der Waals surface area contributed by atoms with Gasteiger partial charge >= 0.3 is 5.97 Å². The van der Waals surface area contributed by atoms with Gasteiger partial charge in [0.2, 0.25) is 0 Å². The van der Waals surface area contributed by atoms with Crippen LogP contribution < -0.4 is 5.32 Å². The van der Waals surface area contributed by atoms with Gasteiger partial charge in [0.1, 0.15) is 11.6 Å². The summed E-state index contributed by atoms with van der Waals surface area (Å²) in [7, 11) is 0. The number of hydrogen-bond acceptors (Lipinski definition) is 5. The molecule has 0 aliphatic heterocycles. The lowest BCUT2D eigenvalue weighted by Crippen LogP contribution is -2.13. The number of anilines is 1. The van der Waals surface area contributed by atoms with Crippen LogP contribution in [0.4, 0.5) is 13.9 Å². The minimum atomic E-state index is -0.829. The van der Waals surface area contributed by atoms with E-state index in [1.54, 1.807) is 25.1 Å². The lowest BCUT2D eigenvalue weighted by molar-refractivity contribution is 0.0526. The van der Waals surface area contributed by atoms with Crippen LogP contribution >= 0.6 is 11.3 Å². The molecule has 0 aliphatic carbocycles. The van der Waals surface area contributed by atoms with Crippen molar-refractivity contribution in [3.8, 4) is 0 Å². The Morgan fingerprint density at radius 2 is 2.00 bits per heavy atom. The quantitative estimate of drug-likeness (QED) is 0.712. The van der Waals surface area contributed by atoms with Crippen molar-refractivity contribution in [3.63, 3.8) is 0 Å². The van der Waals surface area contributed by atoms with Gasteiger partial charge in [-0.2, -0.15) is 0 Å². The van der Waals surface area contributed by atoms with Gasteiger partial charge in [-0.05, 0) is 43.3 Å². The number of nitrogens with zero attached hydrogens (tertiary/aromatic N) is 1. The van der Waals surface area contributed by atoms with Crippen molar-refractivity contribution in [1.82, 2.24) is 4.98 Å². The summed E-state index contributed by atoms with van der Waals surface area (Å²) in [5.74, 6) is -2.80. The van der Waals surface area contributed by atoms with Gasteiger partial charge in [-0.3, -0.25) is 10.1 Å². The number of amides is 1. The van der Waals surface area contributed by atoms with Crippen molar-refractivity contribution in [2.24, 2.45) is 0 Å².